The molecule has 5 heteroatoms. The van der Waals surface area contributed by atoms with Gasteiger partial charge in [0.1, 0.15) is 5.84 Å². The number of fused-ring (bicyclic) bond motifs is 2. The average Bonchev–Trinajstić information content (AvgIpc) is 2.51. The largest absolute Gasteiger partial charge is 0.355 e. The molecule has 0 spiro atoms. The van der Waals surface area contributed by atoms with E-state index in [1.54, 1.807) is 6.07 Å². The second-order valence-electron chi connectivity index (χ2n) is 4.20. The van der Waals surface area contributed by atoms with Gasteiger partial charge in [0.2, 0.25) is 0 Å². The maximum atomic E-state index is 6.23. The molecule has 1 saturated heterocycles. The summed E-state index contributed by atoms with van der Waals surface area (Å²) in [7, 11) is 0. The predicted octanol–water partition coefficient (Wildman–Crippen LogP) is 3.98. The van der Waals surface area contributed by atoms with E-state index in [1.165, 1.54) is 11.6 Å². The molecule has 0 bridgehead atoms. The number of amidine groups is 1. The van der Waals surface area contributed by atoms with Crippen molar-refractivity contribution in [2.75, 3.05) is 18.1 Å². The van der Waals surface area contributed by atoms with E-state index in [2.05, 4.69) is 4.90 Å². The summed E-state index contributed by atoms with van der Waals surface area (Å²) in [4.78, 5) is 7.04. The minimum absolute atomic E-state index is 0.662. The van der Waals surface area contributed by atoms with E-state index in [0.29, 0.717) is 5.02 Å². The first-order valence-electron chi connectivity index (χ1n) is 5.62. The lowest BCUT2D eigenvalue weighted by Crippen LogP contribution is -2.33. The van der Waals surface area contributed by atoms with Crippen molar-refractivity contribution >= 4 is 46.5 Å². The highest BCUT2D eigenvalue weighted by Gasteiger charge is 2.23. The molecular formula is C12H12Cl2N2S. The third kappa shape index (κ3) is 2.28. The Balaban J connectivity index is 2.05. The molecule has 0 radical (unpaired) electrons. The minimum atomic E-state index is 0.662. The standard InChI is InChI=1S/C12H12Cl2N2S/c13-8-5-10(14)9-7-16-2-4-17-3-1-12(16)15-11(9)6-8/h5-6H,1-4,7H2. The lowest BCUT2D eigenvalue weighted by atomic mass is 10.1. The van der Waals surface area contributed by atoms with E-state index in [1.807, 2.05) is 17.8 Å². The van der Waals surface area contributed by atoms with Crippen LogP contribution in [0.5, 0.6) is 0 Å². The summed E-state index contributed by atoms with van der Waals surface area (Å²) >= 11 is 14.2. The molecule has 17 heavy (non-hydrogen) atoms. The maximum absolute atomic E-state index is 6.23. The molecular weight excluding hydrogens is 275 g/mol. The Kier molecular flexibility index (Phi) is 3.24. The van der Waals surface area contributed by atoms with E-state index in [4.69, 9.17) is 28.2 Å². The number of aliphatic imine (C=N–C) groups is 1. The van der Waals surface area contributed by atoms with Crippen LogP contribution in [0.4, 0.5) is 5.69 Å². The Hall–Kier alpha value is -0.380. The Bertz CT molecular complexity index is 488. The van der Waals surface area contributed by atoms with Gasteiger partial charge >= 0.3 is 0 Å². The van der Waals surface area contributed by atoms with Crippen molar-refractivity contribution in [2.45, 2.75) is 13.0 Å². The first-order chi connectivity index (χ1) is 8.24. The highest BCUT2D eigenvalue weighted by atomic mass is 35.5. The third-order valence-corrected chi connectivity index (χ3v) is 4.60. The van der Waals surface area contributed by atoms with Gasteiger partial charge in [-0.3, -0.25) is 0 Å². The molecule has 0 atom stereocenters. The molecule has 1 fully saturated rings. The van der Waals surface area contributed by atoms with Crippen LogP contribution in [0.25, 0.3) is 0 Å². The minimum Gasteiger partial charge on any atom is -0.355 e. The lowest BCUT2D eigenvalue weighted by Gasteiger charge is -2.29. The molecule has 2 aliphatic heterocycles. The van der Waals surface area contributed by atoms with Crippen LogP contribution >= 0.6 is 35.0 Å². The molecule has 1 aromatic carbocycles. The fraction of sp³-hybridized carbons (Fsp3) is 0.417. The molecule has 0 unspecified atom stereocenters. The van der Waals surface area contributed by atoms with Crippen molar-refractivity contribution in [1.82, 2.24) is 4.90 Å². The highest BCUT2D eigenvalue weighted by molar-refractivity contribution is 7.99. The van der Waals surface area contributed by atoms with Crippen molar-refractivity contribution in [2.24, 2.45) is 4.99 Å². The van der Waals surface area contributed by atoms with Crippen LogP contribution in [0.3, 0.4) is 0 Å². The van der Waals surface area contributed by atoms with Gasteiger partial charge in [0, 0.05) is 46.6 Å². The van der Waals surface area contributed by atoms with Crippen LogP contribution < -0.4 is 0 Å². The first-order valence-corrected chi connectivity index (χ1v) is 7.53. The number of benzene rings is 1. The van der Waals surface area contributed by atoms with Crippen molar-refractivity contribution in [3.63, 3.8) is 0 Å². The van der Waals surface area contributed by atoms with Crippen molar-refractivity contribution in [3.05, 3.63) is 27.7 Å². The Morgan fingerprint density at radius 3 is 3.00 bits per heavy atom. The lowest BCUT2D eigenvalue weighted by molar-refractivity contribution is 0.428. The van der Waals surface area contributed by atoms with E-state index in [9.17, 15) is 0 Å². The third-order valence-electron chi connectivity index (χ3n) is 3.08. The van der Waals surface area contributed by atoms with Crippen LogP contribution in [0, 0.1) is 0 Å². The monoisotopic (exact) mass is 286 g/mol. The van der Waals surface area contributed by atoms with Gasteiger partial charge in [0.25, 0.3) is 0 Å². The number of rotatable bonds is 0. The van der Waals surface area contributed by atoms with Gasteiger partial charge in [-0.05, 0) is 12.1 Å². The van der Waals surface area contributed by atoms with Gasteiger partial charge in [-0.2, -0.15) is 11.8 Å². The van der Waals surface area contributed by atoms with E-state index >= 15 is 0 Å². The molecule has 90 valence electrons. The molecule has 0 aromatic heterocycles. The summed E-state index contributed by atoms with van der Waals surface area (Å²) in [6.07, 6.45) is 1.04. The molecule has 2 aliphatic rings. The van der Waals surface area contributed by atoms with Crippen molar-refractivity contribution in [1.29, 1.82) is 0 Å². The van der Waals surface area contributed by atoms with Gasteiger partial charge in [0.05, 0.1) is 5.69 Å². The number of hydrogen-bond donors (Lipinski definition) is 0. The Labute approximate surface area is 115 Å². The number of hydrogen-bond acceptors (Lipinski definition) is 3. The van der Waals surface area contributed by atoms with Crippen molar-refractivity contribution < 1.29 is 0 Å². The fourth-order valence-electron chi connectivity index (χ4n) is 2.20. The fourth-order valence-corrected chi connectivity index (χ4v) is 3.62. The Morgan fingerprint density at radius 2 is 2.12 bits per heavy atom. The summed E-state index contributed by atoms with van der Waals surface area (Å²) < 4.78 is 0. The van der Waals surface area contributed by atoms with Gasteiger partial charge in [-0.15, -0.1) is 0 Å². The topological polar surface area (TPSA) is 15.6 Å². The van der Waals surface area contributed by atoms with Crippen LogP contribution in [-0.2, 0) is 6.54 Å². The summed E-state index contributed by atoms with van der Waals surface area (Å²) in [5.74, 6) is 3.50. The summed E-state index contributed by atoms with van der Waals surface area (Å²) in [5, 5.41) is 1.39. The van der Waals surface area contributed by atoms with Crippen LogP contribution in [0.1, 0.15) is 12.0 Å². The molecule has 0 aliphatic carbocycles. The smallest absolute Gasteiger partial charge is 0.106 e. The molecule has 0 amide bonds. The second-order valence-corrected chi connectivity index (χ2v) is 6.27. The average molecular weight is 287 g/mol. The number of nitrogens with zero attached hydrogens (tertiary/aromatic N) is 2. The van der Waals surface area contributed by atoms with Gasteiger partial charge < -0.3 is 4.90 Å². The summed E-state index contributed by atoms with van der Waals surface area (Å²) in [6.45, 7) is 1.92. The summed E-state index contributed by atoms with van der Waals surface area (Å²) in [5.41, 5.74) is 2.05. The summed E-state index contributed by atoms with van der Waals surface area (Å²) in [6, 6.07) is 3.71. The number of halogens is 2. The van der Waals surface area contributed by atoms with Crippen LogP contribution in [-0.4, -0.2) is 28.8 Å². The van der Waals surface area contributed by atoms with Crippen LogP contribution in [0.2, 0.25) is 10.0 Å². The highest BCUT2D eigenvalue weighted by Crippen LogP contribution is 2.36. The Morgan fingerprint density at radius 1 is 1.24 bits per heavy atom. The van der Waals surface area contributed by atoms with Gasteiger partial charge in [0.15, 0.2) is 0 Å². The molecule has 2 heterocycles. The van der Waals surface area contributed by atoms with Gasteiger partial charge in [-0.25, -0.2) is 4.99 Å². The predicted molar refractivity (Wildman–Crippen MR) is 75.9 cm³/mol. The normalized spacial score (nSPS) is 19.2. The molecule has 1 aromatic rings. The quantitative estimate of drug-likeness (QED) is 0.717. The van der Waals surface area contributed by atoms with E-state index in [0.717, 1.165) is 41.5 Å². The van der Waals surface area contributed by atoms with E-state index in [-0.39, 0.29) is 0 Å². The number of thioether (sulfide) groups is 1. The molecule has 0 saturated carbocycles. The zero-order valence-electron chi connectivity index (χ0n) is 9.25. The zero-order chi connectivity index (χ0) is 11.8. The maximum Gasteiger partial charge on any atom is 0.106 e. The SMILES string of the molecule is Clc1cc(Cl)c2c(c1)N=C1CCSCCN1C2. The molecule has 3 rings (SSSR count). The first kappa shape index (κ1) is 11.7. The second kappa shape index (κ2) is 4.71. The molecule has 2 nitrogen and oxygen atoms in total. The molecule has 0 N–H and O–H groups in total. The van der Waals surface area contributed by atoms with Crippen molar-refractivity contribution in [3.8, 4) is 0 Å². The zero-order valence-corrected chi connectivity index (χ0v) is 11.6. The van der Waals surface area contributed by atoms with E-state index < -0.39 is 0 Å². The van der Waals surface area contributed by atoms with Crippen LogP contribution in [0.15, 0.2) is 17.1 Å². The van der Waals surface area contributed by atoms with Gasteiger partial charge in [-0.1, -0.05) is 23.2 Å².